The van der Waals surface area contributed by atoms with Crippen LogP contribution in [0.15, 0.2) is 36.8 Å². The third-order valence-corrected chi connectivity index (χ3v) is 4.92. The van der Waals surface area contributed by atoms with Crippen molar-refractivity contribution in [3.63, 3.8) is 0 Å². The summed E-state index contributed by atoms with van der Waals surface area (Å²) in [4.78, 5) is 18.4. The van der Waals surface area contributed by atoms with Gasteiger partial charge in [0.05, 0.1) is 29.5 Å². The molecular weight excluding hydrogens is 368 g/mol. The molecule has 0 atom stereocenters. The molecule has 2 amide bonds. The summed E-state index contributed by atoms with van der Waals surface area (Å²) in [5.74, 6) is 0.541. The molecule has 8 nitrogen and oxygen atoms in total. The van der Waals surface area contributed by atoms with E-state index in [1.54, 1.807) is 30.4 Å². The van der Waals surface area contributed by atoms with Gasteiger partial charge in [0.1, 0.15) is 5.65 Å². The van der Waals surface area contributed by atoms with Crippen LogP contribution in [0.5, 0.6) is 0 Å². The van der Waals surface area contributed by atoms with E-state index in [-0.39, 0.29) is 6.03 Å². The van der Waals surface area contributed by atoms with Gasteiger partial charge < -0.3 is 14.0 Å². The SMILES string of the molecule is CN(Cc1cnc2ccc(Cl)cn12)C(=O)Nc1ccn(C2CCOCC2)n1. The highest BCUT2D eigenvalue weighted by molar-refractivity contribution is 6.30. The summed E-state index contributed by atoms with van der Waals surface area (Å²) < 4.78 is 9.17. The highest BCUT2D eigenvalue weighted by atomic mass is 35.5. The van der Waals surface area contributed by atoms with Crippen molar-refractivity contribution in [2.75, 3.05) is 25.6 Å². The molecule has 3 aromatic rings. The zero-order valence-electron chi connectivity index (χ0n) is 15.0. The lowest BCUT2D eigenvalue weighted by Crippen LogP contribution is -2.31. The van der Waals surface area contributed by atoms with Crippen molar-refractivity contribution < 1.29 is 9.53 Å². The maximum Gasteiger partial charge on any atom is 0.323 e. The number of carbonyl (C=O) groups excluding carboxylic acids is 1. The topological polar surface area (TPSA) is 76.7 Å². The van der Waals surface area contributed by atoms with Gasteiger partial charge in [0.15, 0.2) is 5.82 Å². The van der Waals surface area contributed by atoms with Crippen molar-refractivity contribution in [3.8, 4) is 0 Å². The van der Waals surface area contributed by atoms with E-state index in [4.69, 9.17) is 16.3 Å². The Labute approximate surface area is 161 Å². The van der Waals surface area contributed by atoms with Crippen molar-refractivity contribution in [2.24, 2.45) is 0 Å². The molecule has 9 heteroatoms. The van der Waals surface area contributed by atoms with Crippen LogP contribution >= 0.6 is 11.6 Å². The first kappa shape index (κ1) is 17.8. The normalized spacial score (nSPS) is 15.2. The molecule has 0 unspecified atom stereocenters. The molecule has 4 heterocycles. The molecule has 0 spiro atoms. The summed E-state index contributed by atoms with van der Waals surface area (Å²) in [6, 6.07) is 5.54. The Morgan fingerprint density at radius 3 is 3.00 bits per heavy atom. The molecule has 27 heavy (non-hydrogen) atoms. The van der Waals surface area contributed by atoms with Gasteiger partial charge in [0.2, 0.25) is 0 Å². The van der Waals surface area contributed by atoms with E-state index in [9.17, 15) is 4.79 Å². The number of fused-ring (bicyclic) bond motifs is 1. The third-order valence-electron chi connectivity index (χ3n) is 4.70. The van der Waals surface area contributed by atoms with Crippen molar-refractivity contribution >= 4 is 29.1 Å². The standard InChI is InChI=1S/C18H21ClN6O2/c1-23(12-15-10-20-17-3-2-13(19)11-24(15)17)18(26)21-16-4-7-25(22-16)14-5-8-27-9-6-14/h2-4,7,10-11,14H,5-6,8-9,12H2,1H3,(H,21,22,26). The zero-order valence-corrected chi connectivity index (χ0v) is 15.8. The zero-order chi connectivity index (χ0) is 18.8. The van der Waals surface area contributed by atoms with Crippen LogP contribution < -0.4 is 5.32 Å². The first-order valence-electron chi connectivity index (χ1n) is 8.86. The largest absolute Gasteiger partial charge is 0.381 e. The van der Waals surface area contributed by atoms with E-state index in [0.29, 0.717) is 23.4 Å². The maximum absolute atomic E-state index is 12.5. The first-order valence-corrected chi connectivity index (χ1v) is 9.24. The molecule has 1 N–H and O–H groups in total. The number of ether oxygens (including phenoxy) is 1. The Morgan fingerprint density at radius 1 is 1.37 bits per heavy atom. The summed E-state index contributed by atoms with van der Waals surface area (Å²) in [7, 11) is 1.73. The minimum atomic E-state index is -0.232. The number of anilines is 1. The van der Waals surface area contributed by atoms with Crippen LogP contribution in [-0.2, 0) is 11.3 Å². The van der Waals surface area contributed by atoms with Crippen molar-refractivity contribution in [2.45, 2.75) is 25.4 Å². The second-order valence-electron chi connectivity index (χ2n) is 6.64. The number of halogens is 1. The molecule has 4 rings (SSSR count). The van der Waals surface area contributed by atoms with Crippen LogP contribution in [0.2, 0.25) is 5.02 Å². The van der Waals surface area contributed by atoms with Crippen molar-refractivity contribution in [1.82, 2.24) is 24.1 Å². The van der Waals surface area contributed by atoms with Crippen LogP contribution in [0.3, 0.4) is 0 Å². The number of imidazole rings is 1. The predicted octanol–water partition coefficient (Wildman–Crippen LogP) is 3.20. The molecular formula is C18H21ClN6O2. The van der Waals surface area contributed by atoms with Crippen LogP contribution in [0.1, 0.15) is 24.6 Å². The quantitative estimate of drug-likeness (QED) is 0.744. The number of rotatable bonds is 4. The minimum Gasteiger partial charge on any atom is -0.381 e. The van der Waals surface area contributed by atoms with E-state index in [1.165, 1.54) is 0 Å². The molecule has 0 aliphatic carbocycles. The second-order valence-corrected chi connectivity index (χ2v) is 7.07. The highest BCUT2D eigenvalue weighted by Crippen LogP contribution is 2.21. The third kappa shape index (κ3) is 3.91. The monoisotopic (exact) mass is 388 g/mol. The lowest BCUT2D eigenvalue weighted by molar-refractivity contribution is 0.0663. The van der Waals surface area contributed by atoms with E-state index in [0.717, 1.165) is 37.4 Å². The number of pyridine rings is 1. The number of hydrogen-bond acceptors (Lipinski definition) is 4. The molecule has 0 radical (unpaired) electrons. The van der Waals surface area contributed by atoms with Crippen LogP contribution in [0, 0.1) is 0 Å². The van der Waals surface area contributed by atoms with E-state index in [1.807, 2.05) is 27.4 Å². The Balaban J connectivity index is 1.40. The van der Waals surface area contributed by atoms with Crippen molar-refractivity contribution in [1.29, 1.82) is 0 Å². The molecule has 3 aromatic heterocycles. The maximum atomic E-state index is 12.5. The highest BCUT2D eigenvalue weighted by Gasteiger charge is 2.18. The molecule has 0 bridgehead atoms. The Morgan fingerprint density at radius 2 is 2.19 bits per heavy atom. The summed E-state index contributed by atoms with van der Waals surface area (Å²) in [6.07, 6.45) is 7.31. The number of hydrogen-bond donors (Lipinski definition) is 1. The van der Waals surface area contributed by atoms with Gasteiger partial charge in [-0.15, -0.1) is 0 Å². The fourth-order valence-corrected chi connectivity index (χ4v) is 3.36. The van der Waals surface area contributed by atoms with Crippen LogP contribution in [0.4, 0.5) is 10.6 Å². The summed E-state index contributed by atoms with van der Waals surface area (Å²) >= 11 is 6.06. The summed E-state index contributed by atoms with van der Waals surface area (Å²) in [6.45, 7) is 1.89. The average molecular weight is 389 g/mol. The molecule has 1 saturated heterocycles. The number of carbonyl (C=O) groups is 1. The summed E-state index contributed by atoms with van der Waals surface area (Å²) in [5.41, 5.74) is 1.66. The van der Waals surface area contributed by atoms with Gasteiger partial charge in [-0.05, 0) is 25.0 Å². The first-order chi connectivity index (χ1) is 13.1. The molecule has 0 saturated carbocycles. The molecule has 1 aliphatic rings. The second kappa shape index (κ2) is 7.58. The number of urea groups is 1. The fraction of sp³-hybridized carbons (Fsp3) is 0.389. The Kier molecular flexibility index (Phi) is 5.00. The Hall–Kier alpha value is -2.58. The van der Waals surface area contributed by atoms with Gasteiger partial charge in [-0.25, -0.2) is 9.78 Å². The lowest BCUT2D eigenvalue weighted by Gasteiger charge is -2.22. The number of amides is 2. The van der Waals surface area contributed by atoms with E-state index < -0.39 is 0 Å². The number of nitrogens with zero attached hydrogens (tertiary/aromatic N) is 5. The molecule has 0 aromatic carbocycles. The number of nitrogens with one attached hydrogen (secondary N) is 1. The van der Waals surface area contributed by atoms with Gasteiger partial charge in [-0.3, -0.25) is 10.00 Å². The number of aromatic nitrogens is 4. The van der Waals surface area contributed by atoms with E-state index in [2.05, 4.69) is 15.4 Å². The smallest absolute Gasteiger partial charge is 0.323 e. The molecule has 1 fully saturated rings. The van der Waals surface area contributed by atoms with Crippen LogP contribution in [-0.4, -0.2) is 50.4 Å². The lowest BCUT2D eigenvalue weighted by atomic mass is 10.1. The fourth-order valence-electron chi connectivity index (χ4n) is 3.20. The summed E-state index contributed by atoms with van der Waals surface area (Å²) in [5, 5.41) is 7.94. The van der Waals surface area contributed by atoms with Gasteiger partial charge in [0, 0.05) is 38.7 Å². The predicted molar refractivity (Wildman–Crippen MR) is 102 cm³/mol. The van der Waals surface area contributed by atoms with Gasteiger partial charge >= 0.3 is 6.03 Å². The van der Waals surface area contributed by atoms with Crippen LogP contribution in [0.25, 0.3) is 5.65 Å². The Bertz CT molecular complexity index is 946. The minimum absolute atomic E-state index is 0.232. The van der Waals surface area contributed by atoms with Crippen molar-refractivity contribution in [3.05, 3.63) is 47.5 Å². The van der Waals surface area contributed by atoms with Gasteiger partial charge in [-0.2, -0.15) is 5.10 Å². The molecule has 1 aliphatic heterocycles. The van der Waals surface area contributed by atoms with Gasteiger partial charge in [0.25, 0.3) is 0 Å². The molecule has 142 valence electrons. The van der Waals surface area contributed by atoms with E-state index >= 15 is 0 Å². The average Bonchev–Trinajstić information content (AvgIpc) is 3.30. The van der Waals surface area contributed by atoms with Gasteiger partial charge in [-0.1, -0.05) is 11.6 Å².